The van der Waals surface area contributed by atoms with Gasteiger partial charge in [0.15, 0.2) is 0 Å². The van der Waals surface area contributed by atoms with Crippen LogP contribution in [0.2, 0.25) is 10.0 Å². The Balaban J connectivity index is 1.79. The molecule has 20 heavy (non-hydrogen) atoms. The van der Waals surface area contributed by atoms with Crippen molar-refractivity contribution >= 4 is 34.5 Å². The first kappa shape index (κ1) is 14.3. The SMILES string of the molecule is NCC1c2c(Cl)cc(Cl)cc2CN1CCc1nccs1. The second-order valence-corrected chi connectivity index (χ2v) is 6.68. The summed E-state index contributed by atoms with van der Waals surface area (Å²) in [5.74, 6) is 0. The van der Waals surface area contributed by atoms with Gasteiger partial charge in [0.2, 0.25) is 0 Å². The zero-order valence-electron chi connectivity index (χ0n) is 10.9. The predicted octanol–water partition coefficient (Wildman–Crippen LogP) is 3.51. The van der Waals surface area contributed by atoms with E-state index in [1.807, 2.05) is 17.6 Å². The predicted molar refractivity (Wildman–Crippen MR) is 84.5 cm³/mol. The number of nitrogens with two attached hydrogens (primary N) is 1. The molecule has 0 radical (unpaired) electrons. The highest BCUT2D eigenvalue weighted by Crippen LogP contribution is 2.39. The molecule has 1 aliphatic heterocycles. The second kappa shape index (κ2) is 6.00. The monoisotopic (exact) mass is 327 g/mol. The van der Waals surface area contributed by atoms with E-state index in [1.54, 1.807) is 17.4 Å². The first-order valence-electron chi connectivity index (χ1n) is 6.49. The molecule has 0 saturated carbocycles. The van der Waals surface area contributed by atoms with Crippen LogP contribution >= 0.6 is 34.5 Å². The number of fused-ring (bicyclic) bond motifs is 1. The summed E-state index contributed by atoms with van der Waals surface area (Å²) in [5.41, 5.74) is 8.28. The normalized spacial score (nSPS) is 18.4. The molecule has 1 aromatic heterocycles. The Morgan fingerprint density at radius 2 is 2.25 bits per heavy atom. The van der Waals surface area contributed by atoms with E-state index in [0.29, 0.717) is 11.6 Å². The minimum absolute atomic E-state index is 0.176. The van der Waals surface area contributed by atoms with Gasteiger partial charge in [0.1, 0.15) is 0 Å². The van der Waals surface area contributed by atoms with Gasteiger partial charge in [-0.3, -0.25) is 4.90 Å². The molecular weight excluding hydrogens is 313 g/mol. The number of hydrogen-bond acceptors (Lipinski definition) is 4. The minimum atomic E-state index is 0.176. The molecule has 1 unspecified atom stereocenters. The Hall–Kier alpha value is -0.650. The highest BCUT2D eigenvalue weighted by Gasteiger charge is 2.31. The summed E-state index contributed by atoms with van der Waals surface area (Å²) in [4.78, 5) is 6.68. The zero-order chi connectivity index (χ0) is 14.1. The standard InChI is InChI=1S/C14H15Cl2N3S/c15-10-5-9-8-19(3-1-13-18-2-4-20-13)12(7-17)14(9)11(16)6-10/h2,4-6,12H,1,3,7-8,17H2. The Morgan fingerprint density at radius 1 is 1.40 bits per heavy atom. The van der Waals surface area contributed by atoms with Crippen LogP contribution in [-0.4, -0.2) is 23.0 Å². The Bertz CT molecular complexity index is 601. The van der Waals surface area contributed by atoms with E-state index in [0.717, 1.165) is 35.1 Å². The van der Waals surface area contributed by atoms with Gasteiger partial charge >= 0.3 is 0 Å². The molecule has 1 aromatic carbocycles. The summed E-state index contributed by atoms with van der Waals surface area (Å²) in [6.45, 7) is 2.34. The lowest BCUT2D eigenvalue weighted by atomic mass is 10.0. The van der Waals surface area contributed by atoms with Crippen LogP contribution in [0.1, 0.15) is 22.2 Å². The number of benzene rings is 1. The van der Waals surface area contributed by atoms with E-state index in [1.165, 1.54) is 5.56 Å². The van der Waals surface area contributed by atoms with E-state index in [2.05, 4.69) is 9.88 Å². The molecule has 1 aliphatic rings. The lowest BCUT2D eigenvalue weighted by Gasteiger charge is -2.23. The van der Waals surface area contributed by atoms with Gasteiger partial charge in [0.05, 0.1) is 5.01 Å². The number of rotatable bonds is 4. The van der Waals surface area contributed by atoms with Crippen molar-refractivity contribution in [3.05, 3.63) is 49.9 Å². The molecule has 6 heteroatoms. The van der Waals surface area contributed by atoms with E-state index in [-0.39, 0.29) is 6.04 Å². The summed E-state index contributed by atoms with van der Waals surface area (Å²) >= 11 is 14.1. The molecule has 3 nitrogen and oxygen atoms in total. The summed E-state index contributed by atoms with van der Waals surface area (Å²) in [7, 11) is 0. The topological polar surface area (TPSA) is 42.1 Å². The summed E-state index contributed by atoms with van der Waals surface area (Å²) < 4.78 is 0. The smallest absolute Gasteiger partial charge is 0.0937 e. The second-order valence-electron chi connectivity index (χ2n) is 4.86. The molecule has 0 spiro atoms. The van der Waals surface area contributed by atoms with Crippen LogP contribution in [0.5, 0.6) is 0 Å². The Labute approximate surface area is 132 Å². The van der Waals surface area contributed by atoms with Gasteiger partial charge in [0, 0.05) is 53.7 Å². The lowest BCUT2D eigenvalue weighted by Crippen LogP contribution is -2.29. The minimum Gasteiger partial charge on any atom is -0.329 e. The van der Waals surface area contributed by atoms with Crippen molar-refractivity contribution in [2.24, 2.45) is 5.73 Å². The Morgan fingerprint density at radius 3 is 2.95 bits per heavy atom. The molecule has 0 bridgehead atoms. The van der Waals surface area contributed by atoms with E-state index in [9.17, 15) is 0 Å². The summed E-state index contributed by atoms with van der Waals surface area (Å²) in [6, 6.07) is 3.97. The van der Waals surface area contributed by atoms with E-state index >= 15 is 0 Å². The summed E-state index contributed by atoms with van der Waals surface area (Å²) in [5, 5.41) is 4.57. The van der Waals surface area contributed by atoms with Crippen LogP contribution in [-0.2, 0) is 13.0 Å². The number of hydrogen-bond donors (Lipinski definition) is 1. The first-order valence-corrected chi connectivity index (χ1v) is 8.13. The maximum absolute atomic E-state index is 6.34. The van der Waals surface area contributed by atoms with Gasteiger partial charge in [-0.05, 0) is 23.3 Å². The quantitative estimate of drug-likeness (QED) is 0.934. The average Bonchev–Trinajstić information content (AvgIpc) is 3.02. The maximum Gasteiger partial charge on any atom is 0.0937 e. The number of aromatic nitrogens is 1. The zero-order valence-corrected chi connectivity index (χ0v) is 13.2. The van der Waals surface area contributed by atoms with Crippen molar-refractivity contribution in [2.45, 2.75) is 19.0 Å². The van der Waals surface area contributed by atoms with Crippen LogP contribution in [0, 0.1) is 0 Å². The number of thiazole rings is 1. The maximum atomic E-state index is 6.34. The van der Waals surface area contributed by atoms with Gasteiger partial charge in [-0.25, -0.2) is 4.98 Å². The fraction of sp³-hybridized carbons (Fsp3) is 0.357. The molecule has 0 fully saturated rings. The molecule has 0 aliphatic carbocycles. The molecule has 106 valence electrons. The van der Waals surface area contributed by atoms with Gasteiger partial charge in [0.25, 0.3) is 0 Å². The Kier molecular flexibility index (Phi) is 4.29. The third-order valence-electron chi connectivity index (χ3n) is 3.65. The molecule has 0 saturated heterocycles. The molecule has 2 heterocycles. The average molecular weight is 328 g/mol. The van der Waals surface area contributed by atoms with Crippen molar-refractivity contribution in [2.75, 3.05) is 13.1 Å². The van der Waals surface area contributed by atoms with Crippen LogP contribution in [0.4, 0.5) is 0 Å². The largest absolute Gasteiger partial charge is 0.329 e. The fourth-order valence-corrected chi connectivity index (χ4v) is 4.04. The highest BCUT2D eigenvalue weighted by atomic mass is 35.5. The number of halogens is 2. The third kappa shape index (κ3) is 2.71. The molecule has 2 N–H and O–H groups in total. The molecule has 3 rings (SSSR count). The van der Waals surface area contributed by atoms with Crippen LogP contribution < -0.4 is 5.73 Å². The van der Waals surface area contributed by atoms with Crippen molar-refractivity contribution in [3.63, 3.8) is 0 Å². The van der Waals surface area contributed by atoms with Crippen molar-refractivity contribution in [1.82, 2.24) is 9.88 Å². The molecular formula is C14H15Cl2N3S. The highest BCUT2D eigenvalue weighted by molar-refractivity contribution is 7.09. The van der Waals surface area contributed by atoms with Crippen LogP contribution in [0.15, 0.2) is 23.7 Å². The molecule has 2 aromatic rings. The van der Waals surface area contributed by atoms with Gasteiger partial charge < -0.3 is 5.73 Å². The summed E-state index contributed by atoms with van der Waals surface area (Å²) in [6.07, 6.45) is 2.78. The van der Waals surface area contributed by atoms with Crippen LogP contribution in [0.25, 0.3) is 0 Å². The lowest BCUT2D eigenvalue weighted by molar-refractivity contribution is 0.223. The van der Waals surface area contributed by atoms with Gasteiger partial charge in [-0.15, -0.1) is 11.3 Å². The third-order valence-corrected chi connectivity index (χ3v) is 5.02. The number of nitrogens with zero attached hydrogens (tertiary/aromatic N) is 2. The van der Waals surface area contributed by atoms with Crippen molar-refractivity contribution in [1.29, 1.82) is 0 Å². The van der Waals surface area contributed by atoms with Crippen molar-refractivity contribution in [3.8, 4) is 0 Å². The molecule has 0 amide bonds. The fourth-order valence-electron chi connectivity index (χ4n) is 2.77. The van der Waals surface area contributed by atoms with Gasteiger partial charge in [-0.1, -0.05) is 23.2 Å². The van der Waals surface area contributed by atoms with Crippen LogP contribution in [0.3, 0.4) is 0 Å². The molecule has 1 atom stereocenters. The first-order chi connectivity index (χ1) is 9.69. The van der Waals surface area contributed by atoms with E-state index < -0.39 is 0 Å². The van der Waals surface area contributed by atoms with E-state index in [4.69, 9.17) is 28.9 Å². The van der Waals surface area contributed by atoms with Crippen molar-refractivity contribution < 1.29 is 0 Å². The van der Waals surface area contributed by atoms with Gasteiger partial charge in [-0.2, -0.15) is 0 Å².